The maximum atomic E-state index is 5.53. The zero-order valence-corrected chi connectivity index (χ0v) is 8.23. The van der Waals surface area contributed by atoms with Gasteiger partial charge in [-0.1, -0.05) is 5.10 Å². The summed E-state index contributed by atoms with van der Waals surface area (Å²) in [7, 11) is 0. The molecule has 0 saturated carbocycles. The summed E-state index contributed by atoms with van der Waals surface area (Å²) in [6.45, 7) is 4.53. The van der Waals surface area contributed by atoms with Crippen molar-refractivity contribution in [3.63, 3.8) is 0 Å². The molecule has 2 N–H and O–H groups in total. The standard InChI is InChI=1S/C8H12N6/c1-5-7(3-4-9)6(2)14-8(10-5)11-12-13-14/h3-4,9H2,1-2H3. The van der Waals surface area contributed by atoms with Gasteiger partial charge in [0.25, 0.3) is 5.78 Å². The van der Waals surface area contributed by atoms with Crippen molar-refractivity contribution in [1.82, 2.24) is 25.0 Å². The quantitative estimate of drug-likeness (QED) is 0.702. The number of fused-ring (bicyclic) bond motifs is 1. The molecule has 2 aromatic rings. The highest BCUT2D eigenvalue weighted by Crippen LogP contribution is 2.12. The monoisotopic (exact) mass is 192 g/mol. The molecule has 0 saturated heterocycles. The molecule has 0 fully saturated rings. The maximum Gasteiger partial charge on any atom is 0.273 e. The molecule has 2 heterocycles. The molecule has 0 amide bonds. The SMILES string of the molecule is Cc1nc2nnnn2c(C)c1CCN. The molecule has 0 aliphatic carbocycles. The van der Waals surface area contributed by atoms with Gasteiger partial charge < -0.3 is 5.73 Å². The Kier molecular flexibility index (Phi) is 2.12. The van der Waals surface area contributed by atoms with E-state index in [0.717, 1.165) is 23.4 Å². The van der Waals surface area contributed by atoms with E-state index in [1.807, 2.05) is 13.8 Å². The van der Waals surface area contributed by atoms with Crippen molar-refractivity contribution in [2.24, 2.45) is 5.73 Å². The van der Waals surface area contributed by atoms with Crippen molar-refractivity contribution in [3.8, 4) is 0 Å². The fourth-order valence-corrected chi connectivity index (χ4v) is 1.58. The summed E-state index contributed by atoms with van der Waals surface area (Å²) in [6.07, 6.45) is 0.806. The van der Waals surface area contributed by atoms with Gasteiger partial charge in [-0.3, -0.25) is 0 Å². The third-order valence-electron chi connectivity index (χ3n) is 2.31. The van der Waals surface area contributed by atoms with Crippen LogP contribution in [-0.4, -0.2) is 31.6 Å². The third kappa shape index (κ3) is 1.24. The topological polar surface area (TPSA) is 82.0 Å². The third-order valence-corrected chi connectivity index (χ3v) is 2.31. The van der Waals surface area contributed by atoms with Crippen molar-refractivity contribution in [3.05, 3.63) is 17.0 Å². The molecular formula is C8H12N6. The van der Waals surface area contributed by atoms with Gasteiger partial charge in [-0.05, 0) is 42.8 Å². The summed E-state index contributed by atoms with van der Waals surface area (Å²) in [5.74, 6) is 0.542. The lowest BCUT2D eigenvalue weighted by molar-refractivity contribution is 0.778. The molecule has 0 spiro atoms. The van der Waals surface area contributed by atoms with Gasteiger partial charge in [0.15, 0.2) is 0 Å². The van der Waals surface area contributed by atoms with Crippen LogP contribution in [0, 0.1) is 13.8 Å². The van der Waals surface area contributed by atoms with Crippen molar-refractivity contribution < 1.29 is 0 Å². The van der Waals surface area contributed by atoms with Crippen LogP contribution in [0.1, 0.15) is 17.0 Å². The Morgan fingerprint density at radius 3 is 2.86 bits per heavy atom. The lowest BCUT2D eigenvalue weighted by Gasteiger charge is -2.07. The molecule has 0 radical (unpaired) electrons. The van der Waals surface area contributed by atoms with Gasteiger partial charge in [-0.25, -0.2) is 4.98 Å². The van der Waals surface area contributed by atoms with E-state index in [1.54, 1.807) is 4.52 Å². The zero-order valence-electron chi connectivity index (χ0n) is 8.23. The highest BCUT2D eigenvalue weighted by molar-refractivity contribution is 5.35. The first-order chi connectivity index (χ1) is 6.74. The van der Waals surface area contributed by atoms with Crippen LogP contribution in [-0.2, 0) is 6.42 Å². The van der Waals surface area contributed by atoms with E-state index in [9.17, 15) is 0 Å². The maximum absolute atomic E-state index is 5.53. The predicted octanol–water partition coefficient (Wildman–Crippen LogP) is -0.363. The minimum atomic E-state index is 0.542. The van der Waals surface area contributed by atoms with Crippen LogP contribution in [0.25, 0.3) is 5.78 Å². The van der Waals surface area contributed by atoms with Crippen molar-refractivity contribution >= 4 is 5.78 Å². The Labute approximate surface area is 81.1 Å². The van der Waals surface area contributed by atoms with Crippen LogP contribution in [0.2, 0.25) is 0 Å². The fourth-order valence-electron chi connectivity index (χ4n) is 1.58. The van der Waals surface area contributed by atoms with Gasteiger partial charge in [0.1, 0.15) is 0 Å². The van der Waals surface area contributed by atoms with Crippen molar-refractivity contribution in [2.45, 2.75) is 20.3 Å². The van der Waals surface area contributed by atoms with Gasteiger partial charge in [-0.2, -0.15) is 4.52 Å². The molecule has 6 nitrogen and oxygen atoms in total. The van der Waals surface area contributed by atoms with E-state index in [0.29, 0.717) is 12.3 Å². The van der Waals surface area contributed by atoms with Crippen LogP contribution in [0.5, 0.6) is 0 Å². The van der Waals surface area contributed by atoms with Crippen molar-refractivity contribution in [1.29, 1.82) is 0 Å². The highest BCUT2D eigenvalue weighted by atomic mass is 15.5. The largest absolute Gasteiger partial charge is 0.330 e. The number of aromatic nitrogens is 5. The molecule has 2 aromatic heterocycles. The van der Waals surface area contributed by atoms with E-state index >= 15 is 0 Å². The van der Waals surface area contributed by atoms with E-state index in [2.05, 4.69) is 20.5 Å². The molecule has 0 aliphatic rings. The van der Waals surface area contributed by atoms with E-state index in [4.69, 9.17) is 5.73 Å². The molecule has 0 aromatic carbocycles. The normalized spacial score (nSPS) is 11.1. The predicted molar refractivity (Wildman–Crippen MR) is 50.8 cm³/mol. The lowest BCUT2D eigenvalue weighted by Crippen LogP contribution is -2.10. The number of hydrogen-bond donors (Lipinski definition) is 1. The molecule has 74 valence electrons. The Morgan fingerprint density at radius 2 is 2.14 bits per heavy atom. The molecule has 14 heavy (non-hydrogen) atoms. The minimum absolute atomic E-state index is 0.542. The van der Waals surface area contributed by atoms with Crippen molar-refractivity contribution in [2.75, 3.05) is 6.54 Å². The number of rotatable bonds is 2. The smallest absolute Gasteiger partial charge is 0.273 e. The molecule has 6 heteroatoms. The van der Waals surface area contributed by atoms with Gasteiger partial charge in [0.05, 0.1) is 0 Å². The second-order valence-electron chi connectivity index (χ2n) is 3.19. The summed E-state index contributed by atoms with van der Waals surface area (Å²) in [5.41, 5.74) is 8.63. The van der Waals surface area contributed by atoms with Gasteiger partial charge in [0, 0.05) is 11.4 Å². The van der Waals surface area contributed by atoms with Crippen LogP contribution >= 0.6 is 0 Å². The summed E-state index contributed by atoms with van der Waals surface area (Å²) >= 11 is 0. The lowest BCUT2D eigenvalue weighted by atomic mass is 10.1. The number of aryl methyl sites for hydroxylation is 2. The second-order valence-corrected chi connectivity index (χ2v) is 3.19. The number of nitrogens with two attached hydrogens (primary N) is 1. The molecular weight excluding hydrogens is 180 g/mol. The first kappa shape index (κ1) is 9.01. The first-order valence-electron chi connectivity index (χ1n) is 4.48. The van der Waals surface area contributed by atoms with E-state index < -0.39 is 0 Å². The second kappa shape index (κ2) is 3.30. The number of nitrogens with zero attached hydrogens (tertiary/aromatic N) is 5. The van der Waals surface area contributed by atoms with Gasteiger partial charge in [0.2, 0.25) is 0 Å². The minimum Gasteiger partial charge on any atom is -0.330 e. The average Bonchev–Trinajstić information content (AvgIpc) is 2.60. The summed E-state index contributed by atoms with van der Waals surface area (Å²) < 4.78 is 1.64. The molecule has 0 unspecified atom stereocenters. The average molecular weight is 192 g/mol. The zero-order chi connectivity index (χ0) is 10.1. The van der Waals surface area contributed by atoms with Gasteiger partial charge >= 0.3 is 0 Å². The number of tetrazole rings is 1. The first-order valence-corrected chi connectivity index (χ1v) is 4.48. The fraction of sp³-hybridized carbons (Fsp3) is 0.500. The Balaban J connectivity index is 2.69. The summed E-state index contributed by atoms with van der Waals surface area (Å²) in [6, 6.07) is 0. The Hall–Kier alpha value is -1.56. The number of hydrogen-bond acceptors (Lipinski definition) is 5. The van der Waals surface area contributed by atoms with Crippen LogP contribution in [0.15, 0.2) is 0 Å². The van der Waals surface area contributed by atoms with Crippen LogP contribution in [0.3, 0.4) is 0 Å². The molecule has 0 atom stereocenters. The summed E-state index contributed by atoms with van der Waals surface area (Å²) in [4.78, 5) is 4.29. The van der Waals surface area contributed by atoms with E-state index in [1.165, 1.54) is 0 Å². The van der Waals surface area contributed by atoms with Gasteiger partial charge in [-0.15, -0.1) is 0 Å². The highest BCUT2D eigenvalue weighted by Gasteiger charge is 2.10. The van der Waals surface area contributed by atoms with Crippen LogP contribution < -0.4 is 5.73 Å². The summed E-state index contributed by atoms with van der Waals surface area (Å²) in [5, 5.41) is 11.2. The molecule has 0 bridgehead atoms. The molecule has 2 rings (SSSR count). The molecule has 0 aliphatic heterocycles. The Morgan fingerprint density at radius 1 is 1.36 bits per heavy atom. The Bertz CT molecular complexity index is 460. The van der Waals surface area contributed by atoms with Crippen LogP contribution in [0.4, 0.5) is 0 Å². The van der Waals surface area contributed by atoms with E-state index in [-0.39, 0.29) is 0 Å².